The van der Waals surface area contributed by atoms with E-state index in [9.17, 15) is 10.2 Å². The zero-order chi connectivity index (χ0) is 9.84. The molecule has 1 aromatic rings. The molecule has 68 valence electrons. The minimum Gasteiger partial charge on any atom is -0.508 e. The highest BCUT2D eigenvalue weighted by atomic mass is 35.5. The molecule has 4 heteroatoms. The number of phenols is 1. The molecule has 1 rings (SSSR count). The maximum absolute atomic E-state index is 9.37. The number of aliphatic hydroxyl groups excluding tert-OH is 1. The Balaban J connectivity index is 2.96. The van der Waals surface area contributed by atoms with E-state index in [0.29, 0.717) is 10.6 Å². The van der Waals surface area contributed by atoms with Gasteiger partial charge in [-0.05, 0) is 12.1 Å². The van der Waals surface area contributed by atoms with Crippen molar-refractivity contribution >= 4 is 11.6 Å². The molecule has 0 radical (unpaired) electrons. The third-order valence-electron chi connectivity index (χ3n) is 1.64. The molecular formula is C9H8ClNO2. The van der Waals surface area contributed by atoms with E-state index in [1.165, 1.54) is 12.1 Å². The quantitative estimate of drug-likeness (QED) is 0.762. The highest BCUT2D eigenvalue weighted by molar-refractivity contribution is 6.30. The molecule has 13 heavy (non-hydrogen) atoms. The molecule has 3 nitrogen and oxygen atoms in total. The highest BCUT2D eigenvalue weighted by Gasteiger charge is 2.11. The summed E-state index contributed by atoms with van der Waals surface area (Å²) in [5, 5.41) is 27.4. The first-order valence-corrected chi connectivity index (χ1v) is 4.06. The highest BCUT2D eigenvalue weighted by Crippen LogP contribution is 2.28. The van der Waals surface area contributed by atoms with Crippen molar-refractivity contribution in [2.45, 2.75) is 12.5 Å². The number of rotatable bonds is 2. The van der Waals surface area contributed by atoms with E-state index in [4.69, 9.17) is 16.9 Å². The first-order chi connectivity index (χ1) is 6.15. The molecule has 2 N–H and O–H groups in total. The molecule has 1 aromatic carbocycles. The molecule has 0 saturated carbocycles. The second kappa shape index (κ2) is 4.13. The number of aromatic hydroxyl groups is 1. The van der Waals surface area contributed by atoms with Crippen LogP contribution in [0.3, 0.4) is 0 Å². The first-order valence-electron chi connectivity index (χ1n) is 3.68. The third-order valence-corrected chi connectivity index (χ3v) is 1.87. The molecule has 0 aromatic heterocycles. The van der Waals surface area contributed by atoms with E-state index >= 15 is 0 Å². The Morgan fingerprint density at radius 1 is 1.54 bits per heavy atom. The number of halogens is 1. The topological polar surface area (TPSA) is 64.2 Å². The molecule has 0 aliphatic rings. The van der Waals surface area contributed by atoms with E-state index in [-0.39, 0.29) is 12.2 Å². The van der Waals surface area contributed by atoms with E-state index in [2.05, 4.69) is 0 Å². The molecule has 0 amide bonds. The molecule has 0 fully saturated rings. The van der Waals surface area contributed by atoms with E-state index in [1.807, 2.05) is 6.07 Å². The maximum Gasteiger partial charge on any atom is 0.122 e. The molecule has 0 aliphatic heterocycles. The largest absolute Gasteiger partial charge is 0.508 e. The minimum absolute atomic E-state index is 0.0464. The second-order valence-electron chi connectivity index (χ2n) is 2.58. The van der Waals surface area contributed by atoms with E-state index in [0.717, 1.165) is 0 Å². The Morgan fingerprint density at radius 3 is 2.77 bits per heavy atom. The average molecular weight is 198 g/mol. The van der Waals surface area contributed by atoms with Gasteiger partial charge in [0.1, 0.15) is 5.75 Å². The van der Waals surface area contributed by atoms with Crippen LogP contribution in [0.2, 0.25) is 5.02 Å². The molecule has 0 bridgehead atoms. The summed E-state index contributed by atoms with van der Waals surface area (Å²) in [5.41, 5.74) is 0.325. The van der Waals surface area contributed by atoms with Crippen LogP contribution in [-0.4, -0.2) is 10.2 Å². The van der Waals surface area contributed by atoms with Crippen LogP contribution in [0.4, 0.5) is 0 Å². The van der Waals surface area contributed by atoms with Gasteiger partial charge in [0.05, 0.1) is 18.6 Å². The van der Waals surface area contributed by atoms with Crippen LogP contribution in [0, 0.1) is 11.3 Å². The summed E-state index contributed by atoms with van der Waals surface area (Å²) in [5.74, 6) is -0.0877. The lowest BCUT2D eigenvalue weighted by Gasteiger charge is -2.08. The van der Waals surface area contributed by atoms with Gasteiger partial charge in [0.2, 0.25) is 0 Å². The number of hydrogen-bond acceptors (Lipinski definition) is 3. The molecule has 0 aliphatic carbocycles. The summed E-state index contributed by atoms with van der Waals surface area (Å²) in [6.45, 7) is 0. The Morgan fingerprint density at radius 2 is 2.23 bits per heavy atom. The lowest BCUT2D eigenvalue weighted by molar-refractivity contribution is 0.179. The summed E-state index contributed by atoms with van der Waals surface area (Å²) in [6.07, 6.45) is -1.00. The van der Waals surface area contributed by atoms with Crippen molar-refractivity contribution in [2.24, 2.45) is 0 Å². The van der Waals surface area contributed by atoms with Gasteiger partial charge in [-0.2, -0.15) is 5.26 Å². The third kappa shape index (κ3) is 2.35. The van der Waals surface area contributed by atoms with Crippen LogP contribution in [-0.2, 0) is 0 Å². The summed E-state index contributed by atoms with van der Waals surface area (Å²) < 4.78 is 0. The fourth-order valence-corrected chi connectivity index (χ4v) is 1.16. The predicted molar refractivity (Wildman–Crippen MR) is 48.3 cm³/mol. The van der Waals surface area contributed by atoms with Crippen molar-refractivity contribution in [2.75, 3.05) is 0 Å². The summed E-state index contributed by atoms with van der Waals surface area (Å²) in [6, 6.07) is 6.20. The lowest BCUT2D eigenvalue weighted by Crippen LogP contribution is -1.95. The second-order valence-corrected chi connectivity index (χ2v) is 3.02. The van der Waals surface area contributed by atoms with Crippen LogP contribution in [0.5, 0.6) is 5.75 Å². The number of phenolic OH excluding ortho intramolecular Hbond substituents is 1. The van der Waals surface area contributed by atoms with Crippen molar-refractivity contribution in [3.63, 3.8) is 0 Å². The molecule has 1 atom stereocenters. The van der Waals surface area contributed by atoms with E-state index in [1.54, 1.807) is 6.07 Å². The smallest absolute Gasteiger partial charge is 0.122 e. The van der Waals surface area contributed by atoms with Crippen molar-refractivity contribution in [1.29, 1.82) is 5.26 Å². The fourth-order valence-electron chi connectivity index (χ4n) is 0.995. The number of aliphatic hydroxyl groups is 1. The van der Waals surface area contributed by atoms with Crippen molar-refractivity contribution in [3.8, 4) is 11.8 Å². The Bertz CT molecular complexity index is 346. The van der Waals surface area contributed by atoms with Gasteiger partial charge in [0.25, 0.3) is 0 Å². The van der Waals surface area contributed by atoms with Gasteiger partial charge >= 0.3 is 0 Å². The van der Waals surface area contributed by atoms with E-state index < -0.39 is 6.10 Å². The number of nitrogens with zero attached hydrogens (tertiary/aromatic N) is 1. The molecular weight excluding hydrogens is 190 g/mol. The molecule has 0 heterocycles. The number of nitriles is 1. The maximum atomic E-state index is 9.37. The van der Waals surface area contributed by atoms with Gasteiger partial charge < -0.3 is 10.2 Å². The van der Waals surface area contributed by atoms with Gasteiger partial charge in [-0.3, -0.25) is 0 Å². The summed E-state index contributed by atoms with van der Waals surface area (Å²) in [7, 11) is 0. The van der Waals surface area contributed by atoms with Crippen LogP contribution in [0.15, 0.2) is 18.2 Å². The van der Waals surface area contributed by atoms with Crippen molar-refractivity contribution in [1.82, 2.24) is 0 Å². The van der Waals surface area contributed by atoms with Gasteiger partial charge in [0, 0.05) is 10.6 Å². The standard InChI is InChI=1S/C9H8ClNO2/c10-6-1-2-7(9(13)5-6)8(12)3-4-11/h1-2,5,8,12-13H,3H2. The average Bonchev–Trinajstić information content (AvgIpc) is 2.04. The van der Waals surface area contributed by atoms with Gasteiger partial charge in [0.15, 0.2) is 0 Å². The SMILES string of the molecule is N#CCC(O)c1ccc(Cl)cc1O. The Hall–Kier alpha value is -1.24. The van der Waals surface area contributed by atoms with Crippen molar-refractivity contribution in [3.05, 3.63) is 28.8 Å². The number of hydrogen-bond donors (Lipinski definition) is 2. The summed E-state index contributed by atoms with van der Waals surface area (Å²) >= 11 is 5.59. The number of benzene rings is 1. The Kier molecular flexibility index (Phi) is 3.13. The minimum atomic E-state index is -0.956. The lowest BCUT2D eigenvalue weighted by atomic mass is 10.1. The molecule has 0 spiro atoms. The van der Waals surface area contributed by atoms with Gasteiger partial charge in [-0.15, -0.1) is 0 Å². The normalized spacial score (nSPS) is 12.1. The van der Waals surface area contributed by atoms with Crippen LogP contribution >= 0.6 is 11.6 Å². The van der Waals surface area contributed by atoms with Crippen molar-refractivity contribution < 1.29 is 10.2 Å². The van der Waals surface area contributed by atoms with Gasteiger partial charge in [-0.1, -0.05) is 17.7 Å². The first kappa shape index (κ1) is 9.85. The van der Waals surface area contributed by atoms with Gasteiger partial charge in [-0.25, -0.2) is 0 Å². The van der Waals surface area contributed by atoms with Crippen LogP contribution in [0.25, 0.3) is 0 Å². The predicted octanol–water partition coefficient (Wildman–Crippen LogP) is 1.99. The monoisotopic (exact) mass is 197 g/mol. The van der Waals surface area contributed by atoms with Crippen LogP contribution < -0.4 is 0 Å². The van der Waals surface area contributed by atoms with Crippen LogP contribution in [0.1, 0.15) is 18.1 Å². The zero-order valence-electron chi connectivity index (χ0n) is 6.74. The molecule has 1 unspecified atom stereocenters. The zero-order valence-corrected chi connectivity index (χ0v) is 7.49. The fraction of sp³-hybridized carbons (Fsp3) is 0.222. The molecule has 0 saturated heterocycles. The Labute approximate surface area is 80.8 Å². The summed E-state index contributed by atoms with van der Waals surface area (Å²) in [4.78, 5) is 0.